The highest BCUT2D eigenvalue weighted by Crippen LogP contribution is 2.23. The minimum atomic E-state index is -0.749. The first-order valence-corrected chi connectivity index (χ1v) is 5.49. The third-order valence-electron chi connectivity index (χ3n) is 2.86. The smallest absolute Gasteiger partial charge is 0.239 e. The van der Waals surface area contributed by atoms with Crippen LogP contribution in [0.15, 0.2) is 0 Å². The van der Waals surface area contributed by atoms with E-state index in [9.17, 15) is 4.79 Å². The summed E-state index contributed by atoms with van der Waals surface area (Å²) < 4.78 is 0. The normalized spacial score (nSPS) is 28.6. The standard InChI is InChI=1S/C11H22N2O/c1-8-5-4-6-9(7-8)13-10(14)11(2,3)12/h8-9H,4-7,12H2,1-3H3,(H,13,14). The summed E-state index contributed by atoms with van der Waals surface area (Å²) in [6, 6.07) is 0.342. The molecule has 1 saturated carbocycles. The van der Waals surface area contributed by atoms with Gasteiger partial charge in [-0.3, -0.25) is 4.79 Å². The topological polar surface area (TPSA) is 55.1 Å². The molecule has 1 fully saturated rings. The molecular weight excluding hydrogens is 176 g/mol. The van der Waals surface area contributed by atoms with Gasteiger partial charge in [0, 0.05) is 6.04 Å². The Morgan fingerprint density at radius 2 is 2.07 bits per heavy atom. The number of hydrogen-bond acceptors (Lipinski definition) is 2. The Kier molecular flexibility index (Phi) is 3.53. The van der Waals surface area contributed by atoms with E-state index in [4.69, 9.17) is 5.73 Å². The molecule has 0 bridgehead atoms. The Hall–Kier alpha value is -0.570. The minimum absolute atomic E-state index is 0.0309. The van der Waals surface area contributed by atoms with Crippen LogP contribution < -0.4 is 11.1 Å². The average molecular weight is 198 g/mol. The Balaban J connectivity index is 2.40. The van der Waals surface area contributed by atoms with Crippen LogP contribution in [0.3, 0.4) is 0 Å². The Morgan fingerprint density at radius 3 is 2.57 bits per heavy atom. The highest BCUT2D eigenvalue weighted by Gasteiger charge is 2.26. The molecule has 1 rings (SSSR count). The highest BCUT2D eigenvalue weighted by atomic mass is 16.2. The van der Waals surface area contributed by atoms with Crippen molar-refractivity contribution in [2.45, 2.75) is 58.0 Å². The summed E-state index contributed by atoms with van der Waals surface area (Å²) in [4.78, 5) is 11.6. The first-order chi connectivity index (χ1) is 6.39. The first-order valence-electron chi connectivity index (χ1n) is 5.49. The molecule has 3 N–H and O–H groups in total. The van der Waals surface area contributed by atoms with E-state index in [-0.39, 0.29) is 5.91 Å². The van der Waals surface area contributed by atoms with Crippen molar-refractivity contribution in [3.8, 4) is 0 Å². The lowest BCUT2D eigenvalue weighted by Gasteiger charge is -2.30. The summed E-state index contributed by atoms with van der Waals surface area (Å²) in [5, 5.41) is 3.03. The number of rotatable bonds is 2. The van der Waals surface area contributed by atoms with E-state index in [0.717, 1.165) is 18.8 Å². The van der Waals surface area contributed by atoms with Gasteiger partial charge in [0.25, 0.3) is 0 Å². The van der Waals surface area contributed by atoms with Crippen molar-refractivity contribution in [3.63, 3.8) is 0 Å². The van der Waals surface area contributed by atoms with E-state index in [1.165, 1.54) is 12.8 Å². The van der Waals surface area contributed by atoms with Gasteiger partial charge in [0.2, 0.25) is 5.91 Å². The third-order valence-corrected chi connectivity index (χ3v) is 2.86. The molecule has 0 aromatic carbocycles. The Bertz CT molecular complexity index is 208. The average Bonchev–Trinajstić information content (AvgIpc) is 2.02. The summed E-state index contributed by atoms with van der Waals surface area (Å²) in [6.07, 6.45) is 4.71. The number of hydrogen-bond donors (Lipinski definition) is 2. The maximum Gasteiger partial charge on any atom is 0.239 e. The lowest BCUT2D eigenvalue weighted by molar-refractivity contribution is -0.126. The van der Waals surface area contributed by atoms with Crippen LogP contribution in [-0.2, 0) is 4.79 Å². The maximum atomic E-state index is 11.6. The van der Waals surface area contributed by atoms with Crippen LogP contribution in [0.25, 0.3) is 0 Å². The lowest BCUT2D eigenvalue weighted by Crippen LogP contribution is -2.52. The molecule has 0 aromatic heterocycles. The number of carbonyl (C=O) groups excluding carboxylic acids is 1. The van der Waals surface area contributed by atoms with Crippen LogP contribution >= 0.6 is 0 Å². The van der Waals surface area contributed by atoms with Gasteiger partial charge in [0.1, 0.15) is 0 Å². The largest absolute Gasteiger partial charge is 0.352 e. The van der Waals surface area contributed by atoms with E-state index in [2.05, 4.69) is 12.2 Å². The van der Waals surface area contributed by atoms with Crippen LogP contribution in [0.1, 0.15) is 46.5 Å². The second-order valence-corrected chi connectivity index (χ2v) is 5.16. The fourth-order valence-electron chi connectivity index (χ4n) is 1.94. The monoisotopic (exact) mass is 198 g/mol. The zero-order valence-electron chi connectivity index (χ0n) is 9.47. The number of carbonyl (C=O) groups is 1. The van der Waals surface area contributed by atoms with Crippen molar-refractivity contribution >= 4 is 5.91 Å². The molecule has 3 nitrogen and oxygen atoms in total. The molecule has 14 heavy (non-hydrogen) atoms. The molecular formula is C11H22N2O. The van der Waals surface area contributed by atoms with Crippen LogP contribution in [-0.4, -0.2) is 17.5 Å². The quantitative estimate of drug-likeness (QED) is 0.705. The van der Waals surface area contributed by atoms with Crippen molar-refractivity contribution in [2.24, 2.45) is 11.7 Å². The van der Waals surface area contributed by atoms with Crippen LogP contribution in [0, 0.1) is 5.92 Å². The van der Waals surface area contributed by atoms with Gasteiger partial charge in [0.05, 0.1) is 5.54 Å². The minimum Gasteiger partial charge on any atom is -0.352 e. The number of amides is 1. The molecule has 1 aliphatic rings. The predicted octanol–water partition coefficient (Wildman–Crippen LogP) is 1.42. The van der Waals surface area contributed by atoms with Gasteiger partial charge in [-0.2, -0.15) is 0 Å². The van der Waals surface area contributed by atoms with Crippen LogP contribution in [0.4, 0.5) is 0 Å². The molecule has 0 aromatic rings. The Morgan fingerprint density at radius 1 is 1.43 bits per heavy atom. The zero-order valence-corrected chi connectivity index (χ0v) is 9.47. The van der Waals surface area contributed by atoms with Gasteiger partial charge in [-0.25, -0.2) is 0 Å². The van der Waals surface area contributed by atoms with E-state index < -0.39 is 5.54 Å². The molecule has 0 spiro atoms. The maximum absolute atomic E-state index is 11.6. The van der Waals surface area contributed by atoms with Crippen molar-refractivity contribution in [1.29, 1.82) is 0 Å². The van der Waals surface area contributed by atoms with E-state index in [0.29, 0.717) is 6.04 Å². The molecule has 2 atom stereocenters. The summed E-state index contributed by atoms with van der Waals surface area (Å²) in [5.74, 6) is 0.700. The van der Waals surface area contributed by atoms with E-state index >= 15 is 0 Å². The second kappa shape index (κ2) is 4.30. The van der Waals surface area contributed by atoms with Gasteiger partial charge in [-0.05, 0) is 32.6 Å². The zero-order chi connectivity index (χ0) is 10.8. The van der Waals surface area contributed by atoms with Crippen molar-refractivity contribution in [3.05, 3.63) is 0 Å². The molecule has 1 amide bonds. The fraction of sp³-hybridized carbons (Fsp3) is 0.909. The van der Waals surface area contributed by atoms with Gasteiger partial charge in [-0.1, -0.05) is 19.8 Å². The molecule has 0 aliphatic heterocycles. The van der Waals surface area contributed by atoms with Gasteiger partial charge in [0.15, 0.2) is 0 Å². The molecule has 82 valence electrons. The molecule has 3 heteroatoms. The van der Waals surface area contributed by atoms with Crippen molar-refractivity contribution in [1.82, 2.24) is 5.32 Å². The van der Waals surface area contributed by atoms with Gasteiger partial charge in [-0.15, -0.1) is 0 Å². The summed E-state index contributed by atoms with van der Waals surface area (Å²) >= 11 is 0. The summed E-state index contributed by atoms with van der Waals surface area (Å²) in [7, 11) is 0. The molecule has 1 aliphatic carbocycles. The van der Waals surface area contributed by atoms with Crippen molar-refractivity contribution in [2.75, 3.05) is 0 Å². The van der Waals surface area contributed by atoms with Crippen LogP contribution in [0.2, 0.25) is 0 Å². The van der Waals surface area contributed by atoms with E-state index in [1.807, 2.05) is 0 Å². The first kappa shape index (κ1) is 11.5. The summed E-state index contributed by atoms with van der Waals surface area (Å²) in [6.45, 7) is 5.73. The van der Waals surface area contributed by atoms with Crippen LogP contribution in [0.5, 0.6) is 0 Å². The van der Waals surface area contributed by atoms with Gasteiger partial charge >= 0.3 is 0 Å². The van der Waals surface area contributed by atoms with Gasteiger partial charge < -0.3 is 11.1 Å². The predicted molar refractivity (Wildman–Crippen MR) is 57.8 cm³/mol. The molecule has 0 heterocycles. The molecule has 0 radical (unpaired) electrons. The second-order valence-electron chi connectivity index (χ2n) is 5.16. The lowest BCUT2D eigenvalue weighted by atomic mass is 9.86. The molecule has 2 unspecified atom stereocenters. The Labute approximate surface area is 86.4 Å². The SMILES string of the molecule is CC1CCCC(NC(=O)C(C)(C)N)C1. The number of nitrogens with two attached hydrogens (primary N) is 1. The highest BCUT2D eigenvalue weighted by molar-refractivity contribution is 5.85. The fourth-order valence-corrected chi connectivity index (χ4v) is 1.94. The van der Waals surface area contributed by atoms with E-state index in [1.54, 1.807) is 13.8 Å². The van der Waals surface area contributed by atoms with Crippen molar-refractivity contribution < 1.29 is 4.79 Å². The molecule has 0 saturated heterocycles. The summed E-state index contributed by atoms with van der Waals surface area (Å²) in [5.41, 5.74) is 4.97. The number of nitrogens with one attached hydrogen (secondary N) is 1. The third kappa shape index (κ3) is 3.29.